The molecule has 0 aromatic heterocycles. The second kappa shape index (κ2) is 7.42. The van der Waals surface area contributed by atoms with Gasteiger partial charge in [-0.3, -0.25) is 4.79 Å². The number of carbonyl (C=O) groups excluding carboxylic acids is 1. The van der Waals surface area contributed by atoms with E-state index in [1.54, 1.807) is 13.8 Å². The number of carbonyl (C=O) groups is 2. The summed E-state index contributed by atoms with van der Waals surface area (Å²) < 4.78 is 31.1. The molecule has 0 bridgehead atoms. The third-order valence-electron chi connectivity index (χ3n) is 3.20. The van der Waals surface area contributed by atoms with E-state index in [2.05, 4.69) is 10.0 Å². The number of hydrogen-bond acceptors (Lipinski definition) is 5. The number of nitrogens with one attached hydrogen (secondary N) is 2. The normalized spacial score (nSPS) is 12.7. The largest absolute Gasteiger partial charge is 0.495 e. The first-order valence-electron chi connectivity index (χ1n) is 6.79. The highest BCUT2D eigenvalue weighted by Gasteiger charge is 2.25. The Morgan fingerprint density at radius 3 is 2.30 bits per heavy atom. The second-order valence-corrected chi connectivity index (χ2v) is 6.96. The molecule has 128 valence electrons. The first kappa shape index (κ1) is 18.9. The zero-order valence-corrected chi connectivity index (χ0v) is 14.1. The van der Waals surface area contributed by atoms with Crippen molar-refractivity contribution in [3.63, 3.8) is 0 Å². The van der Waals surface area contributed by atoms with Crippen LogP contribution in [0.2, 0.25) is 0 Å². The number of rotatable bonds is 7. The van der Waals surface area contributed by atoms with Crippen molar-refractivity contribution in [2.75, 3.05) is 14.2 Å². The second-order valence-electron chi connectivity index (χ2n) is 5.11. The van der Waals surface area contributed by atoms with E-state index in [-0.39, 0.29) is 22.1 Å². The summed E-state index contributed by atoms with van der Waals surface area (Å²) in [7, 11) is -1.28. The summed E-state index contributed by atoms with van der Waals surface area (Å²) in [5.41, 5.74) is 0.0199. The smallest absolute Gasteiger partial charge is 0.326 e. The SMILES string of the molecule is CNS(=O)(=O)c1cc(C(=O)N[C@@H](C(=O)O)C(C)C)ccc1OC. The Bertz CT molecular complexity index is 699. The van der Waals surface area contributed by atoms with Crippen LogP contribution in [0.4, 0.5) is 0 Å². The summed E-state index contributed by atoms with van der Waals surface area (Å²) in [6.07, 6.45) is 0. The van der Waals surface area contributed by atoms with E-state index in [0.717, 1.165) is 6.07 Å². The molecule has 0 aliphatic rings. The monoisotopic (exact) mass is 344 g/mol. The number of ether oxygens (including phenoxy) is 1. The van der Waals surface area contributed by atoms with Crippen molar-refractivity contribution in [2.45, 2.75) is 24.8 Å². The van der Waals surface area contributed by atoms with E-state index in [1.807, 2.05) is 0 Å². The highest BCUT2D eigenvalue weighted by molar-refractivity contribution is 7.89. The third kappa shape index (κ3) is 4.42. The van der Waals surface area contributed by atoms with Crippen LogP contribution in [0.5, 0.6) is 5.75 Å². The van der Waals surface area contributed by atoms with Crippen LogP contribution in [0.3, 0.4) is 0 Å². The number of hydrogen-bond donors (Lipinski definition) is 3. The van der Waals surface area contributed by atoms with E-state index in [1.165, 1.54) is 26.3 Å². The van der Waals surface area contributed by atoms with Gasteiger partial charge in [-0.15, -0.1) is 0 Å². The molecule has 3 N–H and O–H groups in total. The fourth-order valence-electron chi connectivity index (χ4n) is 1.88. The van der Waals surface area contributed by atoms with E-state index in [0.29, 0.717) is 0 Å². The molecule has 9 heteroatoms. The van der Waals surface area contributed by atoms with Gasteiger partial charge in [0.2, 0.25) is 10.0 Å². The molecule has 1 aromatic rings. The topological polar surface area (TPSA) is 122 Å². The fourth-order valence-corrected chi connectivity index (χ4v) is 2.79. The molecule has 0 aliphatic heterocycles. The number of methoxy groups -OCH3 is 1. The van der Waals surface area contributed by atoms with Gasteiger partial charge in [0.25, 0.3) is 5.91 Å². The molecular formula is C14H20N2O6S. The fraction of sp³-hybridized carbons (Fsp3) is 0.429. The van der Waals surface area contributed by atoms with Crippen molar-refractivity contribution >= 4 is 21.9 Å². The average molecular weight is 344 g/mol. The number of aliphatic carboxylic acids is 1. The van der Waals surface area contributed by atoms with Crippen LogP contribution in [0.15, 0.2) is 23.1 Å². The Labute approximate surface area is 134 Å². The lowest BCUT2D eigenvalue weighted by Gasteiger charge is -2.18. The Balaban J connectivity index is 3.22. The quantitative estimate of drug-likeness (QED) is 0.660. The van der Waals surface area contributed by atoms with Crippen LogP contribution in [-0.4, -0.2) is 45.6 Å². The molecule has 0 heterocycles. The molecule has 0 radical (unpaired) electrons. The number of carboxylic acid groups (broad SMARTS) is 1. The van der Waals surface area contributed by atoms with Gasteiger partial charge in [-0.25, -0.2) is 17.9 Å². The average Bonchev–Trinajstić information content (AvgIpc) is 2.50. The van der Waals surface area contributed by atoms with Crippen LogP contribution >= 0.6 is 0 Å². The van der Waals surface area contributed by atoms with Gasteiger partial charge in [0.15, 0.2) is 0 Å². The number of amides is 1. The van der Waals surface area contributed by atoms with E-state index >= 15 is 0 Å². The lowest BCUT2D eigenvalue weighted by atomic mass is 10.0. The van der Waals surface area contributed by atoms with Crippen molar-refractivity contribution in [1.82, 2.24) is 10.0 Å². The van der Waals surface area contributed by atoms with Crippen molar-refractivity contribution < 1.29 is 27.9 Å². The summed E-state index contributed by atoms with van der Waals surface area (Å²) in [6, 6.07) is 2.76. The Hall–Kier alpha value is -2.13. The Morgan fingerprint density at radius 1 is 1.26 bits per heavy atom. The van der Waals surface area contributed by atoms with Gasteiger partial charge in [-0.1, -0.05) is 13.8 Å². The molecular weight excluding hydrogens is 324 g/mol. The van der Waals surface area contributed by atoms with Gasteiger partial charge in [-0.2, -0.15) is 0 Å². The van der Waals surface area contributed by atoms with Crippen molar-refractivity contribution in [1.29, 1.82) is 0 Å². The van der Waals surface area contributed by atoms with Gasteiger partial charge in [0.1, 0.15) is 16.7 Å². The van der Waals surface area contributed by atoms with E-state index in [9.17, 15) is 18.0 Å². The minimum Gasteiger partial charge on any atom is -0.495 e. The summed E-state index contributed by atoms with van der Waals surface area (Å²) in [5.74, 6) is -2.09. The van der Waals surface area contributed by atoms with Crippen molar-refractivity contribution in [3.8, 4) is 5.75 Å². The highest BCUT2D eigenvalue weighted by atomic mass is 32.2. The zero-order valence-electron chi connectivity index (χ0n) is 13.3. The summed E-state index contributed by atoms with van der Waals surface area (Å²) in [5, 5.41) is 11.5. The van der Waals surface area contributed by atoms with Crippen LogP contribution < -0.4 is 14.8 Å². The van der Waals surface area contributed by atoms with Crippen molar-refractivity contribution in [2.24, 2.45) is 5.92 Å². The van der Waals surface area contributed by atoms with E-state index < -0.39 is 27.9 Å². The zero-order chi connectivity index (χ0) is 17.8. The lowest BCUT2D eigenvalue weighted by Crippen LogP contribution is -2.44. The highest BCUT2D eigenvalue weighted by Crippen LogP contribution is 2.24. The number of sulfonamides is 1. The summed E-state index contributed by atoms with van der Waals surface area (Å²) >= 11 is 0. The molecule has 23 heavy (non-hydrogen) atoms. The molecule has 0 saturated heterocycles. The van der Waals surface area contributed by atoms with Gasteiger partial charge in [0, 0.05) is 5.56 Å². The number of benzene rings is 1. The van der Waals surface area contributed by atoms with Crippen LogP contribution in [0.25, 0.3) is 0 Å². The molecule has 1 amide bonds. The van der Waals surface area contributed by atoms with Gasteiger partial charge in [-0.05, 0) is 31.2 Å². The molecule has 1 atom stereocenters. The molecule has 1 rings (SSSR count). The first-order valence-corrected chi connectivity index (χ1v) is 8.27. The predicted octanol–water partition coefficient (Wildman–Crippen LogP) is 0.442. The van der Waals surface area contributed by atoms with Crippen LogP contribution in [0.1, 0.15) is 24.2 Å². The Morgan fingerprint density at radius 2 is 1.87 bits per heavy atom. The Kier molecular flexibility index (Phi) is 6.11. The van der Waals surface area contributed by atoms with E-state index in [4.69, 9.17) is 9.84 Å². The molecule has 1 aromatic carbocycles. The molecule has 0 saturated carbocycles. The summed E-state index contributed by atoms with van der Waals surface area (Å²) in [4.78, 5) is 23.1. The van der Waals surface area contributed by atoms with Crippen LogP contribution in [-0.2, 0) is 14.8 Å². The lowest BCUT2D eigenvalue weighted by molar-refractivity contribution is -0.140. The van der Waals surface area contributed by atoms with Crippen LogP contribution in [0, 0.1) is 5.92 Å². The maximum Gasteiger partial charge on any atom is 0.326 e. The van der Waals surface area contributed by atoms with Crippen molar-refractivity contribution in [3.05, 3.63) is 23.8 Å². The first-order chi connectivity index (χ1) is 10.6. The molecule has 0 aliphatic carbocycles. The molecule has 0 spiro atoms. The maximum absolute atomic E-state index is 12.2. The molecule has 0 fully saturated rings. The number of carboxylic acids is 1. The molecule has 8 nitrogen and oxygen atoms in total. The minimum atomic E-state index is -3.83. The van der Waals surface area contributed by atoms with Gasteiger partial charge in [0.05, 0.1) is 7.11 Å². The molecule has 0 unspecified atom stereocenters. The predicted molar refractivity (Wildman–Crippen MR) is 83.0 cm³/mol. The van der Waals surface area contributed by atoms with Gasteiger partial charge >= 0.3 is 5.97 Å². The third-order valence-corrected chi connectivity index (χ3v) is 4.64. The maximum atomic E-state index is 12.2. The standard InChI is InChI=1S/C14H20N2O6S/c1-8(2)12(14(18)19)16-13(17)9-5-6-10(22-4)11(7-9)23(20,21)15-3/h5-8,12,15H,1-4H3,(H,16,17)(H,18,19)/t12-/m1/s1. The summed E-state index contributed by atoms with van der Waals surface area (Å²) in [6.45, 7) is 3.31. The van der Waals surface area contributed by atoms with Gasteiger partial charge < -0.3 is 15.2 Å². The minimum absolute atomic E-state index is 0.0199.